The maximum absolute atomic E-state index is 3.36. The lowest BCUT2D eigenvalue weighted by molar-refractivity contribution is 1.18. The summed E-state index contributed by atoms with van der Waals surface area (Å²) in [5, 5.41) is 5.03. The molecule has 0 amide bonds. The standard InChI is InChI=1S/C48H32N2.C3H6/c1-3-11-33(12-4-1)35-19-25-39(26-20-35)49-46-18-10-8-16-42(46)44-31-37(24-30-47(44)49)38-23-29-43-41-15-7-9-17-45(41)50(48(43)32-38)40-27-21-36(22-28-40)34-13-5-2-6-14-34;1-3-2/h1-32H;3H,1H2,2H3. The van der Waals surface area contributed by atoms with E-state index in [2.05, 4.69) is 210 Å². The molecule has 10 rings (SSSR count). The predicted molar refractivity (Wildman–Crippen MR) is 227 cm³/mol. The van der Waals surface area contributed by atoms with Crippen LogP contribution >= 0.6 is 0 Å². The van der Waals surface area contributed by atoms with Crippen molar-refractivity contribution in [1.82, 2.24) is 9.13 Å². The summed E-state index contributed by atoms with van der Waals surface area (Å²) in [5.74, 6) is 0. The van der Waals surface area contributed by atoms with E-state index < -0.39 is 0 Å². The summed E-state index contributed by atoms with van der Waals surface area (Å²) in [7, 11) is 0. The van der Waals surface area contributed by atoms with E-state index in [0.717, 1.165) is 11.4 Å². The Morgan fingerprint density at radius 3 is 1.23 bits per heavy atom. The molecule has 10 aromatic rings. The van der Waals surface area contributed by atoms with Crippen molar-refractivity contribution in [3.63, 3.8) is 0 Å². The minimum Gasteiger partial charge on any atom is -0.309 e. The van der Waals surface area contributed by atoms with Crippen molar-refractivity contribution in [1.29, 1.82) is 0 Å². The second-order valence-corrected chi connectivity index (χ2v) is 13.4. The Balaban J connectivity index is 0.00000120. The Labute approximate surface area is 310 Å². The summed E-state index contributed by atoms with van der Waals surface area (Å²) in [4.78, 5) is 0. The normalized spacial score (nSPS) is 11.2. The molecular weight excluding hydrogens is 641 g/mol. The first-order chi connectivity index (χ1) is 26.2. The number of allylic oxidation sites excluding steroid dienone is 1. The smallest absolute Gasteiger partial charge is 0.0547 e. The highest BCUT2D eigenvalue weighted by molar-refractivity contribution is 6.12. The summed E-state index contributed by atoms with van der Waals surface area (Å²) in [6, 6.07) is 70.4. The van der Waals surface area contributed by atoms with Gasteiger partial charge in [-0.2, -0.15) is 0 Å². The molecule has 0 radical (unpaired) electrons. The summed E-state index contributed by atoms with van der Waals surface area (Å²) < 4.78 is 4.80. The second-order valence-electron chi connectivity index (χ2n) is 13.4. The minimum atomic E-state index is 1.16. The first kappa shape index (κ1) is 32.0. The second kappa shape index (κ2) is 13.7. The van der Waals surface area contributed by atoms with Gasteiger partial charge in [0.15, 0.2) is 0 Å². The van der Waals surface area contributed by atoms with Gasteiger partial charge in [-0.1, -0.05) is 146 Å². The minimum absolute atomic E-state index is 1.16. The van der Waals surface area contributed by atoms with E-state index in [1.165, 1.54) is 77.0 Å². The molecule has 0 aliphatic heterocycles. The molecule has 0 saturated carbocycles. The van der Waals surface area contributed by atoms with E-state index in [0.29, 0.717) is 0 Å². The number of rotatable bonds is 5. The van der Waals surface area contributed by atoms with Crippen LogP contribution in [0.3, 0.4) is 0 Å². The third kappa shape index (κ3) is 5.71. The summed E-state index contributed by atoms with van der Waals surface area (Å²) in [6.45, 7) is 5.25. The van der Waals surface area contributed by atoms with Crippen LogP contribution in [-0.2, 0) is 0 Å². The third-order valence-corrected chi connectivity index (χ3v) is 10.1. The highest BCUT2D eigenvalue weighted by Crippen LogP contribution is 2.38. The first-order valence-electron chi connectivity index (χ1n) is 18.2. The van der Waals surface area contributed by atoms with Crippen LogP contribution in [0.25, 0.3) is 88.4 Å². The van der Waals surface area contributed by atoms with Crippen LogP contribution in [0.15, 0.2) is 207 Å². The molecule has 2 heteroatoms. The Kier molecular flexibility index (Phi) is 8.26. The molecule has 252 valence electrons. The highest BCUT2D eigenvalue weighted by Gasteiger charge is 2.16. The maximum Gasteiger partial charge on any atom is 0.0547 e. The fraction of sp³-hybridized carbons (Fsp3) is 0.0196. The lowest BCUT2D eigenvalue weighted by Gasteiger charge is -2.11. The molecular formula is C51H38N2. The molecule has 0 spiro atoms. The molecule has 2 aromatic heterocycles. The van der Waals surface area contributed by atoms with Gasteiger partial charge in [0, 0.05) is 32.9 Å². The van der Waals surface area contributed by atoms with Crippen LogP contribution in [0.1, 0.15) is 6.92 Å². The Morgan fingerprint density at radius 1 is 0.321 bits per heavy atom. The van der Waals surface area contributed by atoms with E-state index in [1.54, 1.807) is 6.08 Å². The lowest BCUT2D eigenvalue weighted by Crippen LogP contribution is -1.94. The average Bonchev–Trinajstić information content (AvgIpc) is 3.74. The van der Waals surface area contributed by atoms with E-state index in [9.17, 15) is 0 Å². The lowest BCUT2D eigenvalue weighted by atomic mass is 10.0. The zero-order valence-electron chi connectivity index (χ0n) is 29.7. The monoisotopic (exact) mass is 678 g/mol. The highest BCUT2D eigenvalue weighted by atomic mass is 15.0. The maximum atomic E-state index is 3.36. The first-order valence-corrected chi connectivity index (χ1v) is 18.2. The zero-order valence-corrected chi connectivity index (χ0v) is 29.7. The average molecular weight is 679 g/mol. The van der Waals surface area contributed by atoms with Gasteiger partial charge in [-0.15, -0.1) is 6.58 Å². The van der Waals surface area contributed by atoms with Gasteiger partial charge >= 0.3 is 0 Å². The summed E-state index contributed by atoms with van der Waals surface area (Å²) in [5.41, 5.74) is 14.5. The molecule has 0 bridgehead atoms. The van der Waals surface area contributed by atoms with Gasteiger partial charge in [0.05, 0.1) is 22.1 Å². The number of hydrogen-bond acceptors (Lipinski definition) is 0. The fourth-order valence-electron chi connectivity index (χ4n) is 7.73. The summed E-state index contributed by atoms with van der Waals surface area (Å²) >= 11 is 0. The predicted octanol–water partition coefficient (Wildman–Crippen LogP) is 14.1. The van der Waals surface area contributed by atoms with Crippen LogP contribution in [0.5, 0.6) is 0 Å². The van der Waals surface area contributed by atoms with Gasteiger partial charge in [0.25, 0.3) is 0 Å². The fourth-order valence-corrected chi connectivity index (χ4v) is 7.73. The molecule has 0 aliphatic carbocycles. The molecule has 0 atom stereocenters. The molecule has 0 saturated heterocycles. The van der Waals surface area contributed by atoms with Crippen LogP contribution in [-0.4, -0.2) is 9.13 Å². The van der Waals surface area contributed by atoms with Crippen molar-refractivity contribution in [2.75, 3.05) is 0 Å². The molecule has 53 heavy (non-hydrogen) atoms. The van der Waals surface area contributed by atoms with Gasteiger partial charge in [-0.3, -0.25) is 0 Å². The van der Waals surface area contributed by atoms with E-state index in [-0.39, 0.29) is 0 Å². The van der Waals surface area contributed by atoms with Crippen LogP contribution in [0.4, 0.5) is 0 Å². The van der Waals surface area contributed by atoms with Crippen molar-refractivity contribution < 1.29 is 0 Å². The number of fused-ring (bicyclic) bond motifs is 6. The largest absolute Gasteiger partial charge is 0.309 e. The third-order valence-electron chi connectivity index (χ3n) is 10.1. The Hall–Kier alpha value is -6.90. The molecule has 0 fully saturated rings. The molecule has 0 aliphatic rings. The SMILES string of the molecule is C=CC.c1ccc(-c2ccc(-n3c4ccccc4c4cc(-c5ccc6c7ccccc7n(-c7ccc(-c8ccccc8)cc7)c6c5)ccc43)cc2)cc1. The Morgan fingerprint density at radius 2 is 0.679 bits per heavy atom. The van der Waals surface area contributed by atoms with Gasteiger partial charge in [0.2, 0.25) is 0 Å². The van der Waals surface area contributed by atoms with Crippen molar-refractivity contribution in [3.05, 3.63) is 207 Å². The van der Waals surface area contributed by atoms with Crippen molar-refractivity contribution in [2.24, 2.45) is 0 Å². The van der Waals surface area contributed by atoms with Crippen molar-refractivity contribution in [3.8, 4) is 44.8 Å². The summed E-state index contributed by atoms with van der Waals surface area (Å²) in [6.07, 6.45) is 1.75. The van der Waals surface area contributed by atoms with Crippen LogP contribution in [0.2, 0.25) is 0 Å². The van der Waals surface area contributed by atoms with Gasteiger partial charge in [-0.25, -0.2) is 0 Å². The number of nitrogens with zero attached hydrogens (tertiary/aromatic N) is 2. The number of aromatic nitrogens is 2. The van der Waals surface area contributed by atoms with Crippen LogP contribution < -0.4 is 0 Å². The Bertz CT molecular complexity index is 2870. The molecule has 8 aromatic carbocycles. The van der Waals surface area contributed by atoms with E-state index in [1.807, 2.05) is 6.92 Å². The number of para-hydroxylation sites is 2. The molecule has 0 N–H and O–H groups in total. The van der Waals surface area contributed by atoms with Crippen molar-refractivity contribution in [2.45, 2.75) is 6.92 Å². The van der Waals surface area contributed by atoms with Crippen LogP contribution in [0, 0.1) is 0 Å². The topological polar surface area (TPSA) is 9.86 Å². The molecule has 2 nitrogen and oxygen atoms in total. The van der Waals surface area contributed by atoms with Gasteiger partial charge in [-0.05, 0) is 94.9 Å². The number of benzene rings is 8. The van der Waals surface area contributed by atoms with E-state index in [4.69, 9.17) is 0 Å². The van der Waals surface area contributed by atoms with Gasteiger partial charge in [0.1, 0.15) is 0 Å². The zero-order chi connectivity index (χ0) is 35.7. The molecule has 2 heterocycles. The van der Waals surface area contributed by atoms with Gasteiger partial charge < -0.3 is 9.13 Å². The van der Waals surface area contributed by atoms with Crippen molar-refractivity contribution >= 4 is 43.6 Å². The number of hydrogen-bond donors (Lipinski definition) is 0. The molecule has 0 unspecified atom stereocenters. The van der Waals surface area contributed by atoms with E-state index >= 15 is 0 Å². The quantitative estimate of drug-likeness (QED) is 0.160.